The van der Waals surface area contributed by atoms with Crippen molar-refractivity contribution in [3.05, 3.63) is 0 Å². The zero-order valence-corrected chi connectivity index (χ0v) is 8.57. The standard InChI is InChI=1S/C9H18N2.ClH/c1-2-5-8-6-3-4-7-9(10)11-8;/h8H,2-7H2,1H3,(H2,10,11);1H. The number of rotatable bonds is 2. The summed E-state index contributed by atoms with van der Waals surface area (Å²) in [5, 5.41) is 0. The Balaban J connectivity index is 0.00000121. The molecule has 2 nitrogen and oxygen atoms in total. The van der Waals surface area contributed by atoms with Crippen LogP contribution in [-0.2, 0) is 0 Å². The van der Waals surface area contributed by atoms with E-state index in [1.165, 1.54) is 32.1 Å². The van der Waals surface area contributed by atoms with Gasteiger partial charge in [-0.2, -0.15) is 0 Å². The second-order valence-electron chi connectivity index (χ2n) is 3.31. The van der Waals surface area contributed by atoms with Gasteiger partial charge in [-0.15, -0.1) is 12.4 Å². The maximum absolute atomic E-state index is 5.71. The van der Waals surface area contributed by atoms with Crippen LogP contribution < -0.4 is 5.73 Å². The summed E-state index contributed by atoms with van der Waals surface area (Å²) in [7, 11) is 0. The van der Waals surface area contributed by atoms with Gasteiger partial charge in [0.2, 0.25) is 0 Å². The molecular formula is C9H19ClN2. The lowest BCUT2D eigenvalue weighted by Crippen LogP contribution is -2.13. The molecule has 0 aromatic heterocycles. The molecule has 0 amide bonds. The van der Waals surface area contributed by atoms with E-state index in [9.17, 15) is 0 Å². The Morgan fingerprint density at radius 2 is 2.25 bits per heavy atom. The molecule has 0 aromatic carbocycles. The Labute approximate surface area is 81.0 Å². The Bertz CT molecular complexity index is 145. The molecule has 1 atom stereocenters. The normalized spacial score (nSPS) is 23.8. The maximum Gasteiger partial charge on any atom is 0.0940 e. The number of halogens is 1. The maximum atomic E-state index is 5.71. The molecule has 0 bridgehead atoms. The van der Waals surface area contributed by atoms with E-state index in [0.29, 0.717) is 6.04 Å². The zero-order valence-electron chi connectivity index (χ0n) is 7.75. The molecule has 12 heavy (non-hydrogen) atoms. The molecule has 0 fully saturated rings. The summed E-state index contributed by atoms with van der Waals surface area (Å²) in [5.74, 6) is 0.876. The molecule has 2 N–H and O–H groups in total. The minimum atomic E-state index is 0. The van der Waals surface area contributed by atoms with Crippen LogP contribution in [0.4, 0.5) is 0 Å². The van der Waals surface area contributed by atoms with Crippen molar-refractivity contribution in [2.24, 2.45) is 10.7 Å². The van der Waals surface area contributed by atoms with Crippen molar-refractivity contribution in [2.45, 2.75) is 51.5 Å². The predicted molar refractivity (Wildman–Crippen MR) is 56.0 cm³/mol. The summed E-state index contributed by atoms with van der Waals surface area (Å²) >= 11 is 0. The molecule has 0 spiro atoms. The molecule has 1 unspecified atom stereocenters. The Kier molecular flexibility index (Phi) is 6.17. The van der Waals surface area contributed by atoms with Crippen molar-refractivity contribution in [2.75, 3.05) is 0 Å². The fraction of sp³-hybridized carbons (Fsp3) is 0.889. The van der Waals surface area contributed by atoms with E-state index in [4.69, 9.17) is 5.73 Å². The number of nitrogens with two attached hydrogens (primary N) is 1. The average molecular weight is 191 g/mol. The van der Waals surface area contributed by atoms with Crippen molar-refractivity contribution >= 4 is 18.2 Å². The third-order valence-corrected chi connectivity index (χ3v) is 2.19. The van der Waals surface area contributed by atoms with Gasteiger partial charge in [-0.3, -0.25) is 4.99 Å². The third kappa shape index (κ3) is 3.96. The largest absolute Gasteiger partial charge is 0.387 e. The summed E-state index contributed by atoms with van der Waals surface area (Å²) in [6.45, 7) is 2.20. The summed E-state index contributed by atoms with van der Waals surface area (Å²) in [4.78, 5) is 4.46. The van der Waals surface area contributed by atoms with E-state index < -0.39 is 0 Å². The number of aliphatic imine (C=N–C) groups is 1. The summed E-state index contributed by atoms with van der Waals surface area (Å²) in [6.07, 6.45) is 7.22. The van der Waals surface area contributed by atoms with Gasteiger partial charge in [-0.05, 0) is 19.3 Å². The fourth-order valence-electron chi connectivity index (χ4n) is 1.59. The van der Waals surface area contributed by atoms with E-state index >= 15 is 0 Å². The highest BCUT2D eigenvalue weighted by Crippen LogP contribution is 2.15. The molecule has 0 saturated carbocycles. The van der Waals surface area contributed by atoms with Crippen molar-refractivity contribution in [3.8, 4) is 0 Å². The van der Waals surface area contributed by atoms with E-state index in [-0.39, 0.29) is 12.4 Å². The lowest BCUT2D eigenvalue weighted by Gasteiger charge is -2.07. The fourth-order valence-corrected chi connectivity index (χ4v) is 1.59. The van der Waals surface area contributed by atoms with Crippen LogP contribution in [0.5, 0.6) is 0 Å². The van der Waals surface area contributed by atoms with Crippen LogP contribution in [0.25, 0.3) is 0 Å². The Morgan fingerprint density at radius 1 is 1.50 bits per heavy atom. The first-order valence-corrected chi connectivity index (χ1v) is 4.65. The van der Waals surface area contributed by atoms with Crippen LogP contribution in [-0.4, -0.2) is 11.9 Å². The lowest BCUT2D eigenvalue weighted by molar-refractivity contribution is 0.547. The molecular weight excluding hydrogens is 172 g/mol. The van der Waals surface area contributed by atoms with Gasteiger partial charge in [0.05, 0.1) is 11.9 Å². The quantitative estimate of drug-likeness (QED) is 0.714. The van der Waals surface area contributed by atoms with Crippen LogP contribution in [0.1, 0.15) is 45.4 Å². The minimum absolute atomic E-state index is 0. The number of hydrogen-bond donors (Lipinski definition) is 1. The molecule has 0 radical (unpaired) electrons. The first-order valence-electron chi connectivity index (χ1n) is 4.65. The highest BCUT2D eigenvalue weighted by molar-refractivity contribution is 5.85. The van der Waals surface area contributed by atoms with Crippen molar-refractivity contribution < 1.29 is 0 Å². The Hall–Kier alpha value is -0.240. The summed E-state index contributed by atoms with van der Waals surface area (Å²) in [6, 6.07) is 0.530. The first-order chi connectivity index (χ1) is 5.33. The van der Waals surface area contributed by atoms with Crippen LogP contribution in [0.3, 0.4) is 0 Å². The summed E-state index contributed by atoms with van der Waals surface area (Å²) < 4.78 is 0. The van der Waals surface area contributed by atoms with Gasteiger partial charge in [0.15, 0.2) is 0 Å². The third-order valence-electron chi connectivity index (χ3n) is 2.19. The number of nitrogens with zero attached hydrogens (tertiary/aromatic N) is 1. The van der Waals surface area contributed by atoms with E-state index in [0.717, 1.165) is 12.3 Å². The molecule has 1 aliphatic rings. The Morgan fingerprint density at radius 3 is 2.92 bits per heavy atom. The monoisotopic (exact) mass is 190 g/mol. The van der Waals surface area contributed by atoms with Gasteiger partial charge in [0.25, 0.3) is 0 Å². The van der Waals surface area contributed by atoms with E-state index in [1.807, 2.05) is 0 Å². The molecule has 0 aromatic rings. The first kappa shape index (κ1) is 11.8. The van der Waals surface area contributed by atoms with Gasteiger partial charge in [-0.25, -0.2) is 0 Å². The molecule has 0 saturated heterocycles. The highest BCUT2D eigenvalue weighted by Gasteiger charge is 2.09. The SMILES string of the molecule is CCCC1CCCCC(N)=N1.Cl. The second kappa shape index (κ2) is 6.30. The molecule has 1 rings (SSSR count). The van der Waals surface area contributed by atoms with Crippen LogP contribution in [0.2, 0.25) is 0 Å². The zero-order chi connectivity index (χ0) is 8.10. The topological polar surface area (TPSA) is 38.4 Å². The average Bonchev–Trinajstić information content (AvgIpc) is 2.15. The van der Waals surface area contributed by atoms with Crippen LogP contribution in [0.15, 0.2) is 4.99 Å². The molecule has 1 aliphatic heterocycles. The summed E-state index contributed by atoms with van der Waals surface area (Å²) in [5.41, 5.74) is 5.71. The molecule has 1 heterocycles. The molecule has 3 heteroatoms. The number of hydrogen-bond acceptors (Lipinski definition) is 2. The lowest BCUT2D eigenvalue weighted by atomic mass is 10.1. The van der Waals surface area contributed by atoms with Crippen LogP contribution in [0, 0.1) is 0 Å². The molecule has 72 valence electrons. The second-order valence-corrected chi connectivity index (χ2v) is 3.31. The van der Waals surface area contributed by atoms with Crippen molar-refractivity contribution in [1.82, 2.24) is 0 Å². The van der Waals surface area contributed by atoms with Crippen LogP contribution >= 0.6 is 12.4 Å². The minimum Gasteiger partial charge on any atom is -0.387 e. The van der Waals surface area contributed by atoms with E-state index in [2.05, 4.69) is 11.9 Å². The van der Waals surface area contributed by atoms with Gasteiger partial charge < -0.3 is 5.73 Å². The highest BCUT2D eigenvalue weighted by atomic mass is 35.5. The van der Waals surface area contributed by atoms with Gasteiger partial charge in [0, 0.05) is 6.42 Å². The van der Waals surface area contributed by atoms with Crippen molar-refractivity contribution in [1.29, 1.82) is 0 Å². The predicted octanol–water partition coefficient (Wildman–Crippen LogP) is 2.51. The van der Waals surface area contributed by atoms with Gasteiger partial charge in [-0.1, -0.05) is 19.8 Å². The smallest absolute Gasteiger partial charge is 0.0940 e. The van der Waals surface area contributed by atoms with E-state index in [1.54, 1.807) is 0 Å². The van der Waals surface area contributed by atoms with Gasteiger partial charge in [0.1, 0.15) is 0 Å². The van der Waals surface area contributed by atoms with Crippen molar-refractivity contribution in [3.63, 3.8) is 0 Å². The van der Waals surface area contributed by atoms with Gasteiger partial charge >= 0.3 is 0 Å². The number of amidine groups is 1. The molecule has 0 aliphatic carbocycles.